The Balaban J connectivity index is 1.72. The molecule has 0 unspecified atom stereocenters. The number of hydrogen-bond donors (Lipinski definition) is 0. The highest BCUT2D eigenvalue weighted by Crippen LogP contribution is 2.38. The van der Waals surface area contributed by atoms with Gasteiger partial charge < -0.3 is 8.97 Å². The maximum Gasteiger partial charge on any atom is 0.121 e. The monoisotopic (exact) mass is 414 g/mol. The van der Waals surface area contributed by atoms with Crippen LogP contribution in [0.15, 0.2) is 54.9 Å². The Kier molecular flexibility index (Phi) is 4.23. The Morgan fingerprint density at radius 3 is 2.33 bits per heavy atom. The number of aryl methyl sites for hydroxylation is 2. The molecular weight excluding hydrogens is 399 g/mol. The van der Waals surface area contributed by atoms with Crippen molar-refractivity contribution in [2.75, 3.05) is 0 Å². The van der Waals surface area contributed by atoms with Gasteiger partial charge in [0, 0.05) is 35.1 Å². The molecule has 136 valence electrons. The molecule has 0 bridgehead atoms. The third-order valence-electron chi connectivity index (χ3n) is 5.34. The molecule has 1 aliphatic rings. The number of aromatic nitrogens is 2. The van der Waals surface area contributed by atoms with E-state index >= 15 is 0 Å². The molecule has 2 aromatic heterocycles. The zero-order chi connectivity index (χ0) is 18.5. The first-order valence-electron chi connectivity index (χ1n) is 9.06. The van der Waals surface area contributed by atoms with Crippen LogP contribution in [0.4, 0.5) is 0 Å². The molecule has 0 saturated heterocycles. The molecule has 0 radical (unpaired) electrons. The lowest BCUT2D eigenvalue weighted by atomic mass is 10.0. The van der Waals surface area contributed by atoms with Crippen LogP contribution in [0, 0.1) is 0 Å². The molecule has 0 saturated carbocycles. The molecule has 27 heavy (non-hydrogen) atoms. The molecule has 3 heterocycles. The summed E-state index contributed by atoms with van der Waals surface area (Å²) in [6, 6.07) is 14.0. The summed E-state index contributed by atoms with van der Waals surface area (Å²) in [6.45, 7) is 1.02. The quantitative estimate of drug-likeness (QED) is 0.323. The number of hydrogen-bond acceptors (Lipinski definition) is 0. The van der Waals surface area contributed by atoms with E-state index in [1.165, 1.54) is 40.9 Å². The second-order valence-electron chi connectivity index (χ2n) is 7.01. The summed E-state index contributed by atoms with van der Waals surface area (Å²) in [5.74, 6) is 0. The molecular formula is C22H17Cl3N2. The van der Waals surface area contributed by atoms with Crippen molar-refractivity contribution in [3.05, 3.63) is 75.5 Å². The van der Waals surface area contributed by atoms with E-state index < -0.39 is 0 Å². The average molecular weight is 416 g/mol. The summed E-state index contributed by atoms with van der Waals surface area (Å²) in [4.78, 5) is 0. The number of benzene rings is 2. The molecule has 0 aliphatic carbocycles. The number of imidazole rings is 1. The first kappa shape index (κ1) is 17.2. The minimum atomic E-state index is 0.588. The number of rotatable bonds is 2. The first-order valence-corrected chi connectivity index (χ1v) is 10.2. The van der Waals surface area contributed by atoms with E-state index in [4.69, 9.17) is 34.8 Å². The van der Waals surface area contributed by atoms with Crippen molar-refractivity contribution in [2.45, 2.75) is 25.8 Å². The molecule has 5 rings (SSSR count). The summed E-state index contributed by atoms with van der Waals surface area (Å²) in [5, 5.41) is 1.94. The molecule has 0 spiro atoms. The molecule has 2 nitrogen and oxygen atoms in total. The number of nitrogens with zero attached hydrogens (tertiary/aromatic N) is 2. The Labute approximate surface area is 172 Å². The van der Waals surface area contributed by atoms with Crippen LogP contribution in [0.2, 0.25) is 15.1 Å². The fraction of sp³-hybridized carbons (Fsp3) is 0.182. The Bertz CT molecular complexity index is 1150. The third-order valence-corrected chi connectivity index (χ3v) is 6.34. The topological polar surface area (TPSA) is 9.34 Å². The second-order valence-corrected chi connectivity index (χ2v) is 8.26. The fourth-order valence-corrected chi connectivity index (χ4v) is 4.50. The highest BCUT2D eigenvalue weighted by atomic mass is 35.5. The zero-order valence-corrected chi connectivity index (χ0v) is 16.8. The summed E-state index contributed by atoms with van der Waals surface area (Å²) in [5.41, 5.74) is 7.42. The van der Waals surface area contributed by atoms with Crippen LogP contribution in [0.5, 0.6) is 0 Å². The van der Waals surface area contributed by atoms with Crippen LogP contribution >= 0.6 is 34.8 Å². The molecule has 2 aromatic carbocycles. The minimum absolute atomic E-state index is 0.588. The van der Waals surface area contributed by atoms with Gasteiger partial charge in [0.1, 0.15) is 5.65 Å². The standard InChI is InChI=1S/C22H17Cl3N2/c23-16-7-4-14(5-8-16)21-13-26-12-18(15-6-9-19(24)20(25)11-15)17-3-1-2-10-27(21)22(17)26/h4-9,11-13H,1-3,10H2. The van der Waals surface area contributed by atoms with Gasteiger partial charge >= 0.3 is 0 Å². The van der Waals surface area contributed by atoms with Crippen LogP contribution in [-0.4, -0.2) is 8.97 Å². The van der Waals surface area contributed by atoms with Gasteiger partial charge in [-0.15, -0.1) is 0 Å². The van der Waals surface area contributed by atoms with Gasteiger partial charge in [0.2, 0.25) is 0 Å². The summed E-state index contributed by atoms with van der Waals surface area (Å²) in [6.07, 6.45) is 7.84. The SMILES string of the molecule is Clc1ccc(-c2cn3cc(-c4ccc(Cl)c(Cl)c4)c4c3n2CCCC4)cc1. The highest BCUT2D eigenvalue weighted by molar-refractivity contribution is 6.42. The third kappa shape index (κ3) is 2.87. The van der Waals surface area contributed by atoms with Crippen molar-refractivity contribution in [1.29, 1.82) is 0 Å². The summed E-state index contributed by atoms with van der Waals surface area (Å²) >= 11 is 18.5. The molecule has 5 heteroatoms. The molecule has 0 fully saturated rings. The molecule has 4 aromatic rings. The van der Waals surface area contributed by atoms with Crippen LogP contribution < -0.4 is 0 Å². The van der Waals surface area contributed by atoms with Gasteiger partial charge in [-0.2, -0.15) is 0 Å². The van der Waals surface area contributed by atoms with Crippen LogP contribution in [-0.2, 0) is 13.0 Å². The van der Waals surface area contributed by atoms with E-state index in [1.807, 2.05) is 24.3 Å². The maximum absolute atomic E-state index is 6.27. The van der Waals surface area contributed by atoms with E-state index in [2.05, 4.69) is 39.6 Å². The van der Waals surface area contributed by atoms with E-state index in [9.17, 15) is 0 Å². The van der Waals surface area contributed by atoms with Gasteiger partial charge in [-0.3, -0.25) is 0 Å². The van der Waals surface area contributed by atoms with Crippen molar-refractivity contribution in [1.82, 2.24) is 8.97 Å². The molecule has 0 atom stereocenters. The number of halogens is 3. The van der Waals surface area contributed by atoms with Crippen molar-refractivity contribution < 1.29 is 0 Å². The summed E-state index contributed by atoms with van der Waals surface area (Å²) in [7, 11) is 0. The summed E-state index contributed by atoms with van der Waals surface area (Å²) < 4.78 is 4.69. The van der Waals surface area contributed by atoms with Gasteiger partial charge in [0.05, 0.1) is 15.7 Å². The Hall–Kier alpha value is -1.87. The first-order chi connectivity index (χ1) is 13.1. The molecule has 0 N–H and O–H groups in total. The lowest BCUT2D eigenvalue weighted by molar-refractivity contribution is 0.647. The Morgan fingerprint density at radius 1 is 0.778 bits per heavy atom. The second kappa shape index (κ2) is 6.63. The van der Waals surface area contributed by atoms with Gasteiger partial charge in [0.25, 0.3) is 0 Å². The van der Waals surface area contributed by atoms with Gasteiger partial charge in [-0.1, -0.05) is 53.0 Å². The van der Waals surface area contributed by atoms with Crippen molar-refractivity contribution in [3.8, 4) is 22.4 Å². The normalized spacial score (nSPS) is 13.9. The zero-order valence-electron chi connectivity index (χ0n) is 14.6. The van der Waals surface area contributed by atoms with Crippen molar-refractivity contribution in [3.63, 3.8) is 0 Å². The van der Waals surface area contributed by atoms with E-state index in [1.54, 1.807) is 0 Å². The Morgan fingerprint density at radius 2 is 1.56 bits per heavy atom. The minimum Gasteiger partial charge on any atom is -0.325 e. The van der Waals surface area contributed by atoms with Gasteiger partial charge in [0.15, 0.2) is 0 Å². The smallest absolute Gasteiger partial charge is 0.121 e. The highest BCUT2D eigenvalue weighted by Gasteiger charge is 2.22. The van der Waals surface area contributed by atoms with Crippen LogP contribution in [0.3, 0.4) is 0 Å². The predicted octanol–water partition coefficient (Wildman–Crippen LogP) is 7.37. The fourth-order valence-electron chi connectivity index (χ4n) is 4.08. The van der Waals surface area contributed by atoms with E-state index in [-0.39, 0.29) is 0 Å². The maximum atomic E-state index is 6.27. The predicted molar refractivity (Wildman–Crippen MR) is 114 cm³/mol. The van der Waals surface area contributed by atoms with Crippen LogP contribution in [0.25, 0.3) is 28.0 Å². The lowest BCUT2D eigenvalue weighted by Gasteiger charge is -2.08. The van der Waals surface area contributed by atoms with Crippen molar-refractivity contribution in [2.24, 2.45) is 0 Å². The van der Waals surface area contributed by atoms with Gasteiger partial charge in [-0.05, 0) is 54.7 Å². The molecule has 0 amide bonds. The lowest BCUT2D eigenvalue weighted by Crippen LogP contribution is -1.98. The largest absolute Gasteiger partial charge is 0.325 e. The van der Waals surface area contributed by atoms with Crippen LogP contribution in [0.1, 0.15) is 18.4 Å². The van der Waals surface area contributed by atoms with E-state index in [0.29, 0.717) is 10.0 Å². The van der Waals surface area contributed by atoms with E-state index in [0.717, 1.165) is 23.6 Å². The molecule has 1 aliphatic heterocycles. The average Bonchev–Trinajstić information content (AvgIpc) is 3.09. The van der Waals surface area contributed by atoms with Crippen molar-refractivity contribution >= 4 is 40.4 Å². The van der Waals surface area contributed by atoms with Gasteiger partial charge in [-0.25, -0.2) is 0 Å².